The van der Waals surface area contributed by atoms with Crippen molar-refractivity contribution in [3.8, 4) is 0 Å². The molecule has 0 spiro atoms. The molecule has 4 heteroatoms. The van der Waals surface area contributed by atoms with Crippen LogP contribution in [0.2, 0.25) is 0 Å². The Morgan fingerprint density at radius 1 is 1.44 bits per heavy atom. The fourth-order valence-corrected chi connectivity index (χ4v) is 1.70. The molecule has 4 nitrogen and oxygen atoms in total. The van der Waals surface area contributed by atoms with Gasteiger partial charge in [0.1, 0.15) is 0 Å². The molecule has 0 saturated carbocycles. The van der Waals surface area contributed by atoms with Gasteiger partial charge in [0.05, 0.1) is 0 Å². The van der Waals surface area contributed by atoms with Crippen molar-refractivity contribution < 1.29 is 9.59 Å². The molecule has 1 aliphatic heterocycles. The minimum Gasteiger partial charge on any atom is -0.275 e. The van der Waals surface area contributed by atoms with Crippen molar-refractivity contribution in [1.29, 1.82) is 0 Å². The Labute approximate surface area is 106 Å². The van der Waals surface area contributed by atoms with E-state index in [4.69, 9.17) is 0 Å². The highest BCUT2D eigenvalue weighted by molar-refractivity contribution is 6.06. The van der Waals surface area contributed by atoms with E-state index >= 15 is 0 Å². The van der Waals surface area contributed by atoms with E-state index in [1.807, 2.05) is 6.07 Å². The lowest BCUT2D eigenvalue weighted by molar-refractivity contribution is -0.138. The fraction of sp³-hybridized carbons (Fsp3) is 0.214. The number of imide groups is 1. The Bertz CT molecular complexity index is 492. The summed E-state index contributed by atoms with van der Waals surface area (Å²) in [6, 6.07) is 3.64. The van der Waals surface area contributed by atoms with Crippen LogP contribution in [0.1, 0.15) is 18.4 Å². The third-order valence-corrected chi connectivity index (χ3v) is 2.65. The first kappa shape index (κ1) is 12.2. The molecule has 0 radical (unpaired) electrons. The number of hydrogen-bond acceptors (Lipinski definition) is 3. The van der Waals surface area contributed by atoms with Crippen LogP contribution in [0.25, 0.3) is 6.08 Å². The molecule has 0 unspecified atom stereocenters. The van der Waals surface area contributed by atoms with Gasteiger partial charge in [-0.25, -0.2) is 0 Å². The zero-order valence-corrected chi connectivity index (χ0v) is 9.95. The van der Waals surface area contributed by atoms with Crippen LogP contribution >= 0.6 is 0 Å². The Morgan fingerprint density at radius 3 is 3.11 bits per heavy atom. The summed E-state index contributed by atoms with van der Waals surface area (Å²) in [6.07, 6.45) is 11.3. The predicted octanol–water partition coefficient (Wildman–Crippen LogP) is 1.80. The van der Waals surface area contributed by atoms with E-state index in [1.54, 1.807) is 30.6 Å². The normalized spacial score (nSPS) is 16.0. The number of carbonyl (C=O) groups excluding carboxylic acids is 2. The zero-order valence-electron chi connectivity index (χ0n) is 9.95. The van der Waals surface area contributed by atoms with Crippen LogP contribution in [-0.4, -0.2) is 28.2 Å². The van der Waals surface area contributed by atoms with Gasteiger partial charge in [-0.05, 0) is 36.6 Å². The Morgan fingerprint density at radius 2 is 2.33 bits per heavy atom. The number of hydrogen-bond donors (Lipinski definition) is 0. The predicted molar refractivity (Wildman–Crippen MR) is 68.4 cm³/mol. The fourth-order valence-electron chi connectivity index (χ4n) is 1.70. The first-order valence-electron chi connectivity index (χ1n) is 5.87. The molecular weight excluding hydrogens is 228 g/mol. The molecule has 0 aromatic carbocycles. The maximum Gasteiger partial charge on any atom is 0.253 e. The summed E-state index contributed by atoms with van der Waals surface area (Å²) in [6.45, 7) is 0.474. The van der Waals surface area contributed by atoms with Crippen LogP contribution in [0.5, 0.6) is 0 Å². The average Bonchev–Trinajstić information content (AvgIpc) is 2.62. The summed E-state index contributed by atoms with van der Waals surface area (Å²) >= 11 is 0. The van der Waals surface area contributed by atoms with E-state index < -0.39 is 0 Å². The molecular formula is C14H14N2O2. The lowest BCUT2D eigenvalue weighted by Gasteiger charge is -2.15. The molecule has 0 N–H and O–H groups in total. The van der Waals surface area contributed by atoms with Crippen LogP contribution in [0.3, 0.4) is 0 Å². The Hall–Kier alpha value is -2.23. The third-order valence-electron chi connectivity index (χ3n) is 2.65. The highest BCUT2D eigenvalue weighted by Gasteiger charge is 2.17. The number of pyridine rings is 1. The van der Waals surface area contributed by atoms with E-state index in [2.05, 4.69) is 4.98 Å². The summed E-state index contributed by atoms with van der Waals surface area (Å²) in [5, 5.41) is 0. The number of allylic oxidation sites excluding steroid dienone is 1. The third kappa shape index (κ3) is 3.13. The second-order valence-electron chi connectivity index (χ2n) is 3.99. The van der Waals surface area contributed by atoms with Gasteiger partial charge in [-0.1, -0.05) is 12.1 Å². The molecule has 92 valence electrons. The van der Waals surface area contributed by atoms with Crippen molar-refractivity contribution >= 4 is 17.9 Å². The summed E-state index contributed by atoms with van der Waals surface area (Å²) in [5.74, 6) is -0.524. The monoisotopic (exact) mass is 242 g/mol. The van der Waals surface area contributed by atoms with Gasteiger partial charge in [0, 0.05) is 25.0 Å². The van der Waals surface area contributed by atoms with E-state index in [-0.39, 0.29) is 11.8 Å². The van der Waals surface area contributed by atoms with Crippen LogP contribution in [0.15, 0.2) is 42.8 Å². The van der Waals surface area contributed by atoms with Crippen molar-refractivity contribution in [3.05, 3.63) is 48.3 Å². The van der Waals surface area contributed by atoms with Gasteiger partial charge in [0.2, 0.25) is 0 Å². The van der Waals surface area contributed by atoms with Gasteiger partial charge in [-0.3, -0.25) is 19.5 Å². The maximum atomic E-state index is 11.9. The van der Waals surface area contributed by atoms with Gasteiger partial charge in [-0.15, -0.1) is 0 Å². The molecule has 0 saturated heterocycles. The number of nitrogens with zero attached hydrogens (tertiary/aromatic N) is 2. The summed E-state index contributed by atoms with van der Waals surface area (Å²) in [7, 11) is 0. The van der Waals surface area contributed by atoms with E-state index in [0.29, 0.717) is 6.54 Å². The summed E-state index contributed by atoms with van der Waals surface area (Å²) in [5.41, 5.74) is 0.837. The second-order valence-corrected chi connectivity index (χ2v) is 3.99. The van der Waals surface area contributed by atoms with Gasteiger partial charge < -0.3 is 0 Å². The quantitative estimate of drug-likeness (QED) is 0.743. The standard InChI is InChI=1S/C14H14N2O2/c17-13-6-2-1-3-10-16(13)14(18)8-7-12-5-4-9-15-11-12/h2,4-9,11H,1,3,10H2/b8-7+. The van der Waals surface area contributed by atoms with Crippen LogP contribution in [0.4, 0.5) is 0 Å². The molecule has 0 bridgehead atoms. The van der Waals surface area contributed by atoms with Crippen molar-refractivity contribution in [3.63, 3.8) is 0 Å². The van der Waals surface area contributed by atoms with E-state index in [9.17, 15) is 9.59 Å². The highest BCUT2D eigenvalue weighted by atomic mass is 16.2. The molecule has 0 aliphatic carbocycles. The summed E-state index contributed by atoms with van der Waals surface area (Å²) < 4.78 is 0. The molecule has 2 rings (SSSR count). The minimum absolute atomic E-state index is 0.242. The van der Waals surface area contributed by atoms with Crippen LogP contribution in [0, 0.1) is 0 Å². The molecule has 0 atom stereocenters. The Kier molecular flexibility index (Phi) is 4.02. The number of rotatable bonds is 2. The van der Waals surface area contributed by atoms with Crippen molar-refractivity contribution in [2.45, 2.75) is 12.8 Å². The van der Waals surface area contributed by atoms with Gasteiger partial charge in [-0.2, -0.15) is 0 Å². The first-order chi connectivity index (χ1) is 8.77. The largest absolute Gasteiger partial charge is 0.275 e. The number of carbonyl (C=O) groups is 2. The van der Waals surface area contributed by atoms with E-state index in [0.717, 1.165) is 18.4 Å². The van der Waals surface area contributed by atoms with Crippen LogP contribution in [-0.2, 0) is 9.59 Å². The molecule has 0 fully saturated rings. The lowest BCUT2D eigenvalue weighted by atomic mass is 10.2. The summed E-state index contributed by atoms with van der Waals surface area (Å²) in [4.78, 5) is 28.7. The van der Waals surface area contributed by atoms with Crippen molar-refractivity contribution in [2.24, 2.45) is 0 Å². The van der Waals surface area contributed by atoms with Gasteiger partial charge >= 0.3 is 0 Å². The average molecular weight is 242 g/mol. The molecule has 2 amide bonds. The molecule has 1 aliphatic rings. The number of amides is 2. The van der Waals surface area contributed by atoms with Gasteiger partial charge in [0.25, 0.3) is 11.8 Å². The molecule has 1 aromatic heterocycles. The highest BCUT2D eigenvalue weighted by Crippen LogP contribution is 2.06. The molecule has 2 heterocycles. The Balaban J connectivity index is 2.05. The molecule has 1 aromatic rings. The number of aromatic nitrogens is 1. The topological polar surface area (TPSA) is 50.3 Å². The smallest absolute Gasteiger partial charge is 0.253 e. The maximum absolute atomic E-state index is 11.9. The zero-order chi connectivity index (χ0) is 12.8. The second kappa shape index (κ2) is 5.91. The molecule has 18 heavy (non-hydrogen) atoms. The van der Waals surface area contributed by atoms with Crippen LogP contribution < -0.4 is 0 Å². The van der Waals surface area contributed by atoms with Gasteiger partial charge in [0.15, 0.2) is 0 Å². The van der Waals surface area contributed by atoms with Crippen molar-refractivity contribution in [1.82, 2.24) is 9.88 Å². The first-order valence-corrected chi connectivity index (χ1v) is 5.87. The minimum atomic E-state index is -0.282. The van der Waals surface area contributed by atoms with Crippen molar-refractivity contribution in [2.75, 3.05) is 6.54 Å². The van der Waals surface area contributed by atoms with E-state index in [1.165, 1.54) is 17.1 Å². The lowest BCUT2D eigenvalue weighted by Crippen LogP contribution is -2.34. The SMILES string of the molecule is O=C1C=CCCCN1C(=O)/C=C/c1cccnc1.